The lowest BCUT2D eigenvalue weighted by molar-refractivity contribution is 0.145. The van der Waals surface area contributed by atoms with E-state index in [0.29, 0.717) is 6.61 Å². The second kappa shape index (κ2) is 6.82. The fraction of sp³-hybridized carbons (Fsp3) is 1.00. The number of ether oxygens (including phenoxy) is 1. The number of halogens is 1. The van der Waals surface area contributed by atoms with Crippen LogP contribution in [0.5, 0.6) is 0 Å². The highest BCUT2D eigenvalue weighted by atomic mass is 79.9. The summed E-state index contributed by atoms with van der Waals surface area (Å²) in [6, 6.07) is 0. The Balaban J connectivity index is 3.12. The molecule has 0 heterocycles. The summed E-state index contributed by atoms with van der Waals surface area (Å²) in [4.78, 5) is 0. The molecule has 74 valence electrons. The monoisotopic (exact) mass is 260 g/mol. The van der Waals surface area contributed by atoms with Gasteiger partial charge in [0.2, 0.25) is 0 Å². The molecule has 0 spiro atoms. The lowest BCUT2D eigenvalue weighted by Crippen LogP contribution is -2.11. The van der Waals surface area contributed by atoms with E-state index in [1.54, 1.807) is 0 Å². The minimum Gasteiger partial charge on any atom is -0.380 e. The first-order chi connectivity index (χ1) is 5.56. The van der Waals surface area contributed by atoms with Gasteiger partial charge in [-0.25, -0.2) is 0 Å². The van der Waals surface area contributed by atoms with Crippen LogP contribution in [0, 0.1) is 0 Å². The number of unbranched alkanes of at least 4 members (excludes halogenated alkanes) is 1. The molecule has 0 atom stereocenters. The smallest absolute Gasteiger partial charge is 0.267 e. The molecular formula is C6H13BrO4S. The quantitative estimate of drug-likeness (QED) is 0.423. The minimum atomic E-state index is -3.85. The molecule has 0 rings (SSSR count). The molecule has 0 unspecified atom stereocenters. The number of hydrogen-bond donors (Lipinski definition) is 1. The molecule has 0 aliphatic carbocycles. The molecule has 6 heteroatoms. The Hall–Kier alpha value is 0.350. The molecule has 0 amide bonds. The van der Waals surface area contributed by atoms with E-state index in [0.717, 1.165) is 18.2 Å². The van der Waals surface area contributed by atoms with E-state index in [1.807, 2.05) is 0 Å². The normalized spacial score (nSPS) is 11.8. The Bertz CT molecular complexity index is 190. The van der Waals surface area contributed by atoms with Crippen LogP contribution >= 0.6 is 15.9 Å². The topological polar surface area (TPSA) is 63.6 Å². The van der Waals surface area contributed by atoms with Crippen LogP contribution in [0.3, 0.4) is 0 Å². The maximum absolute atomic E-state index is 10.2. The molecule has 1 N–H and O–H groups in total. The lowest BCUT2D eigenvalue weighted by Gasteiger charge is -2.00. The zero-order chi connectivity index (χ0) is 9.45. The highest BCUT2D eigenvalue weighted by molar-refractivity contribution is 9.09. The van der Waals surface area contributed by atoms with Gasteiger partial charge in [0, 0.05) is 11.9 Å². The first-order valence-electron chi connectivity index (χ1n) is 3.65. The Morgan fingerprint density at radius 1 is 1.25 bits per heavy atom. The summed E-state index contributed by atoms with van der Waals surface area (Å²) in [5.41, 5.74) is 0. The maximum Gasteiger partial charge on any atom is 0.267 e. The van der Waals surface area contributed by atoms with E-state index in [-0.39, 0.29) is 12.4 Å². The highest BCUT2D eigenvalue weighted by Gasteiger charge is 2.02. The van der Waals surface area contributed by atoms with Crippen LogP contribution < -0.4 is 0 Å². The standard InChI is InChI=1S/C6H13BrO4S/c7-3-1-2-4-11-5-6-12(8,9)10/h1-6H2,(H,8,9,10). The second-order valence-corrected chi connectivity index (χ2v) is 4.66. The average Bonchev–Trinajstić information content (AvgIpc) is 1.94. The van der Waals surface area contributed by atoms with Gasteiger partial charge in [-0.2, -0.15) is 8.42 Å². The molecule has 0 radical (unpaired) electrons. The molecule has 0 saturated carbocycles. The van der Waals surface area contributed by atoms with Crippen molar-refractivity contribution in [1.82, 2.24) is 0 Å². The van der Waals surface area contributed by atoms with E-state index in [2.05, 4.69) is 15.9 Å². The van der Waals surface area contributed by atoms with Crippen molar-refractivity contribution in [3.8, 4) is 0 Å². The van der Waals surface area contributed by atoms with E-state index in [1.165, 1.54) is 0 Å². The van der Waals surface area contributed by atoms with Crippen LogP contribution in [0.2, 0.25) is 0 Å². The molecule has 0 bridgehead atoms. The van der Waals surface area contributed by atoms with Crippen molar-refractivity contribution < 1.29 is 17.7 Å². The molecule has 0 aromatic heterocycles. The van der Waals surface area contributed by atoms with Gasteiger partial charge in [-0.15, -0.1) is 0 Å². The molecule has 0 aliphatic rings. The molecule has 0 fully saturated rings. The van der Waals surface area contributed by atoms with Gasteiger partial charge in [0.1, 0.15) is 0 Å². The molecule has 0 saturated heterocycles. The molecule has 0 aromatic rings. The van der Waals surface area contributed by atoms with Gasteiger partial charge < -0.3 is 4.74 Å². The molecule has 0 aliphatic heterocycles. The predicted octanol–water partition coefficient (Wildman–Crippen LogP) is 1.07. The van der Waals surface area contributed by atoms with Crippen LogP contribution in [-0.4, -0.2) is 37.3 Å². The summed E-state index contributed by atoms with van der Waals surface area (Å²) < 4.78 is 33.6. The number of hydrogen-bond acceptors (Lipinski definition) is 3. The Morgan fingerprint density at radius 2 is 1.92 bits per heavy atom. The summed E-state index contributed by atoms with van der Waals surface area (Å²) in [6.45, 7) is 0.613. The SMILES string of the molecule is O=S(=O)(O)CCOCCCCBr. The third-order valence-corrected chi connectivity index (χ3v) is 2.40. The van der Waals surface area contributed by atoms with Crippen molar-refractivity contribution in [3.05, 3.63) is 0 Å². The largest absolute Gasteiger partial charge is 0.380 e. The third-order valence-electron chi connectivity index (χ3n) is 1.16. The van der Waals surface area contributed by atoms with Crippen molar-refractivity contribution >= 4 is 26.0 Å². The fourth-order valence-electron chi connectivity index (χ4n) is 0.565. The zero-order valence-corrected chi connectivity index (χ0v) is 9.10. The van der Waals surface area contributed by atoms with E-state index < -0.39 is 10.1 Å². The third kappa shape index (κ3) is 10.3. The number of alkyl halides is 1. The van der Waals surface area contributed by atoms with Gasteiger partial charge in [0.05, 0.1) is 12.4 Å². The van der Waals surface area contributed by atoms with Crippen LogP contribution in [0.25, 0.3) is 0 Å². The predicted molar refractivity (Wildman–Crippen MR) is 50.3 cm³/mol. The Kier molecular flexibility index (Phi) is 7.02. The molecular weight excluding hydrogens is 248 g/mol. The van der Waals surface area contributed by atoms with Crippen LogP contribution in [0.4, 0.5) is 0 Å². The van der Waals surface area contributed by atoms with Gasteiger partial charge in [-0.05, 0) is 12.8 Å². The first-order valence-corrected chi connectivity index (χ1v) is 6.38. The van der Waals surface area contributed by atoms with Crippen molar-refractivity contribution in [1.29, 1.82) is 0 Å². The maximum atomic E-state index is 10.2. The van der Waals surface area contributed by atoms with Crippen molar-refractivity contribution in [3.63, 3.8) is 0 Å². The van der Waals surface area contributed by atoms with E-state index >= 15 is 0 Å². The van der Waals surface area contributed by atoms with Crippen LogP contribution in [0.15, 0.2) is 0 Å². The van der Waals surface area contributed by atoms with Crippen molar-refractivity contribution in [2.75, 3.05) is 24.3 Å². The van der Waals surface area contributed by atoms with Crippen LogP contribution in [-0.2, 0) is 14.9 Å². The first kappa shape index (κ1) is 12.3. The highest BCUT2D eigenvalue weighted by Crippen LogP contribution is 1.94. The van der Waals surface area contributed by atoms with Gasteiger partial charge in [-0.1, -0.05) is 15.9 Å². The van der Waals surface area contributed by atoms with Gasteiger partial charge >= 0.3 is 0 Å². The Labute approximate surface area is 81.2 Å². The molecule has 4 nitrogen and oxygen atoms in total. The van der Waals surface area contributed by atoms with Crippen LogP contribution in [0.1, 0.15) is 12.8 Å². The summed E-state index contributed by atoms with van der Waals surface area (Å²) in [6.07, 6.45) is 1.91. The summed E-state index contributed by atoms with van der Waals surface area (Å²) in [5, 5.41) is 0.925. The molecule has 12 heavy (non-hydrogen) atoms. The summed E-state index contributed by atoms with van der Waals surface area (Å²) in [5.74, 6) is -0.318. The zero-order valence-electron chi connectivity index (χ0n) is 6.70. The number of rotatable bonds is 7. The second-order valence-electron chi connectivity index (χ2n) is 2.29. The fourth-order valence-corrected chi connectivity index (χ4v) is 1.29. The van der Waals surface area contributed by atoms with Crippen molar-refractivity contribution in [2.24, 2.45) is 0 Å². The minimum absolute atomic E-state index is 0.0706. The summed E-state index contributed by atoms with van der Waals surface area (Å²) in [7, 11) is -3.85. The van der Waals surface area contributed by atoms with E-state index in [4.69, 9.17) is 9.29 Å². The van der Waals surface area contributed by atoms with Gasteiger partial charge in [0.25, 0.3) is 10.1 Å². The van der Waals surface area contributed by atoms with Gasteiger partial charge in [0.15, 0.2) is 0 Å². The van der Waals surface area contributed by atoms with Gasteiger partial charge in [-0.3, -0.25) is 4.55 Å². The lowest BCUT2D eigenvalue weighted by atomic mass is 10.4. The van der Waals surface area contributed by atoms with E-state index in [9.17, 15) is 8.42 Å². The van der Waals surface area contributed by atoms with Crippen molar-refractivity contribution in [2.45, 2.75) is 12.8 Å². The Morgan fingerprint density at radius 3 is 2.42 bits per heavy atom. The summed E-state index contributed by atoms with van der Waals surface area (Å²) >= 11 is 3.26. The molecule has 0 aromatic carbocycles. The average molecular weight is 261 g/mol.